The number of hydrogen-bond acceptors (Lipinski definition) is 3. The number of aromatic nitrogens is 1. The SMILES string of the molecule is O=C(CCc1ccncc1)Nc1c(Br)cccc1C(=O)O. The van der Waals surface area contributed by atoms with Crippen LogP contribution in [0.4, 0.5) is 5.69 Å². The number of carboxylic acid groups (broad SMARTS) is 1. The van der Waals surface area contributed by atoms with Crippen molar-refractivity contribution in [1.29, 1.82) is 0 Å². The van der Waals surface area contributed by atoms with Crippen LogP contribution in [0.1, 0.15) is 22.3 Å². The third-order valence-electron chi connectivity index (χ3n) is 2.90. The molecule has 0 fully saturated rings. The van der Waals surface area contributed by atoms with Crippen LogP contribution in [0.25, 0.3) is 0 Å². The molecule has 0 spiro atoms. The minimum absolute atomic E-state index is 0.0571. The molecule has 0 radical (unpaired) electrons. The minimum Gasteiger partial charge on any atom is -0.478 e. The average molecular weight is 349 g/mol. The molecule has 0 atom stereocenters. The van der Waals surface area contributed by atoms with E-state index in [-0.39, 0.29) is 23.6 Å². The van der Waals surface area contributed by atoms with Crippen LogP contribution in [-0.2, 0) is 11.2 Å². The van der Waals surface area contributed by atoms with Crippen LogP contribution in [0.15, 0.2) is 47.2 Å². The zero-order valence-corrected chi connectivity index (χ0v) is 12.6. The average Bonchev–Trinajstić information content (AvgIpc) is 2.48. The fourth-order valence-electron chi connectivity index (χ4n) is 1.84. The highest BCUT2D eigenvalue weighted by atomic mass is 79.9. The monoisotopic (exact) mass is 348 g/mol. The van der Waals surface area contributed by atoms with E-state index in [9.17, 15) is 9.59 Å². The van der Waals surface area contributed by atoms with Crippen molar-refractivity contribution in [2.45, 2.75) is 12.8 Å². The van der Waals surface area contributed by atoms with Crippen molar-refractivity contribution in [1.82, 2.24) is 4.98 Å². The molecule has 5 nitrogen and oxygen atoms in total. The number of aromatic carboxylic acids is 1. The number of carboxylic acids is 1. The standard InChI is InChI=1S/C15H13BrN2O3/c16-12-3-1-2-11(15(20)21)14(12)18-13(19)5-4-10-6-8-17-9-7-10/h1-3,6-9H,4-5H2,(H,18,19)(H,20,21). The second kappa shape index (κ2) is 6.99. The van der Waals surface area contributed by atoms with Gasteiger partial charge in [-0.15, -0.1) is 0 Å². The molecule has 2 rings (SSSR count). The lowest BCUT2D eigenvalue weighted by atomic mass is 10.1. The minimum atomic E-state index is -1.08. The summed E-state index contributed by atoms with van der Waals surface area (Å²) in [5.74, 6) is -1.32. The lowest BCUT2D eigenvalue weighted by Crippen LogP contribution is -2.15. The molecule has 0 aliphatic rings. The summed E-state index contributed by atoms with van der Waals surface area (Å²) in [6.45, 7) is 0. The van der Waals surface area contributed by atoms with Crippen molar-refractivity contribution in [3.8, 4) is 0 Å². The molecule has 1 heterocycles. The Morgan fingerprint density at radius 3 is 2.57 bits per heavy atom. The van der Waals surface area contributed by atoms with Gasteiger partial charge in [-0.2, -0.15) is 0 Å². The van der Waals surface area contributed by atoms with Crippen LogP contribution in [-0.4, -0.2) is 22.0 Å². The van der Waals surface area contributed by atoms with Gasteiger partial charge in [0.05, 0.1) is 11.3 Å². The summed E-state index contributed by atoms with van der Waals surface area (Å²) in [6.07, 6.45) is 4.18. The van der Waals surface area contributed by atoms with E-state index in [2.05, 4.69) is 26.2 Å². The van der Waals surface area contributed by atoms with Gasteiger partial charge in [0.1, 0.15) is 0 Å². The van der Waals surface area contributed by atoms with Crippen LogP contribution in [0, 0.1) is 0 Å². The molecule has 0 aliphatic carbocycles. The number of hydrogen-bond donors (Lipinski definition) is 2. The van der Waals surface area contributed by atoms with Crippen molar-refractivity contribution >= 4 is 33.5 Å². The normalized spacial score (nSPS) is 10.1. The van der Waals surface area contributed by atoms with Crippen LogP contribution in [0.5, 0.6) is 0 Å². The van der Waals surface area contributed by atoms with Gasteiger partial charge in [0, 0.05) is 23.3 Å². The number of carbonyl (C=O) groups is 2. The zero-order valence-electron chi connectivity index (χ0n) is 11.0. The maximum Gasteiger partial charge on any atom is 0.337 e. The van der Waals surface area contributed by atoms with Crippen LogP contribution >= 0.6 is 15.9 Å². The third-order valence-corrected chi connectivity index (χ3v) is 3.56. The lowest BCUT2D eigenvalue weighted by Gasteiger charge is -2.10. The summed E-state index contributed by atoms with van der Waals surface area (Å²) in [6, 6.07) is 8.43. The number of amides is 1. The third kappa shape index (κ3) is 4.13. The molecule has 6 heteroatoms. The van der Waals surface area contributed by atoms with Gasteiger partial charge in [-0.1, -0.05) is 6.07 Å². The first-order valence-corrected chi connectivity index (χ1v) is 7.08. The Morgan fingerprint density at radius 1 is 1.19 bits per heavy atom. The molecule has 0 saturated carbocycles. The van der Waals surface area contributed by atoms with Crippen LogP contribution in [0.2, 0.25) is 0 Å². The number of pyridine rings is 1. The number of nitrogens with zero attached hydrogens (tertiary/aromatic N) is 1. The number of benzene rings is 1. The fourth-order valence-corrected chi connectivity index (χ4v) is 2.30. The molecule has 108 valence electrons. The molecule has 1 aromatic carbocycles. The Kier molecular flexibility index (Phi) is 5.05. The second-order valence-corrected chi connectivity index (χ2v) is 5.23. The van der Waals surface area contributed by atoms with Gasteiger partial charge in [0.15, 0.2) is 0 Å². The van der Waals surface area contributed by atoms with Gasteiger partial charge >= 0.3 is 5.97 Å². The maximum atomic E-state index is 12.0. The first kappa shape index (κ1) is 15.2. The van der Waals surface area contributed by atoms with Crippen molar-refractivity contribution in [2.75, 3.05) is 5.32 Å². The lowest BCUT2D eigenvalue weighted by molar-refractivity contribution is -0.116. The van der Waals surface area contributed by atoms with Gasteiger partial charge < -0.3 is 10.4 Å². The molecule has 1 amide bonds. The Hall–Kier alpha value is -2.21. The molecule has 0 bridgehead atoms. The van der Waals surface area contributed by atoms with E-state index < -0.39 is 5.97 Å². The summed E-state index contributed by atoms with van der Waals surface area (Å²) in [5, 5.41) is 11.8. The number of anilines is 1. The summed E-state index contributed by atoms with van der Waals surface area (Å²) >= 11 is 3.25. The van der Waals surface area contributed by atoms with E-state index in [1.165, 1.54) is 6.07 Å². The number of carbonyl (C=O) groups excluding carboxylic acids is 1. The van der Waals surface area contributed by atoms with E-state index in [4.69, 9.17) is 5.11 Å². The zero-order chi connectivity index (χ0) is 15.2. The Bertz CT molecular complexity index is 659. The largest absolute Gasteiger partial charge is 0.478 e. The first-order valence-electron chi connectivity index (χ1n) is 6.28. The van der Waals surface area contributed by atoms with E-state index >= 15 is 0 Å². The molecule has 0 aliphatic heterocycles. The van der Waals surface area contributed by atoms with Crippen LogP contribution < -0.4 is 5.32 Å². The molecular formula is C15H13BrN2O3. The number of nitrogens with one attached hydrogen (secondary N) is 1. The van der Waals surface area contributed by atoms with E-state index in [0.29, 0.717) is 10.9 Å². The number of aryl methyl sites for hydroxylation is 1. The highest BCUT2D eigenvalue weighted by molar-refractivity contribution is 9.10. The van der Waals surface area contributed by atoms with E-state index in [0.717, 1.165) is 5.56 Å². The topological polar surface area (TPSA) is 79.3 Å². The van der Waals surface area contributed by atoms with E-state index in [1.807, 2.05) is 12.1 Å². The van der Waals surface area contributed by atoms with Gasteiger partial charge in [-0.05, 0) is 52.2 Å². The molecule has 2 aromatic rings. The van der Waals surface area contributed by atoms with Crippen molar-refractivity contribution < 1.29 is 14.7 Å². The molecular weight excluding hydrogens is 336 g/mol. The molecule has 0 unspecified atom stereocenters. The van der Waals surface area contributed by atoms with Crippen molar-refractivity contribution in [2.24, 2.45) is 0 Å². The number of para-hydroxylation sites is 1. The van der Waals surface area contributed by atoms with Crippen LogP contribution in [0.3, 0.4) is 0 Å². The van der Waals surface area contributed by atoms with Gasteiger partial charge in [0.2, 0.25) is 5.91 Å². The Labute approximate surface area is 130 Å². The van der Waals surface area contributed by atoms with Gasteiger partial charge in [-0.25, -0.2) is 4.79 Å². The molecule has 21 heavy (non-hydrogen) atoms. The molecule has 0 saturated heterocycles. The Balaban J connectivity index is 2.05. The fraction of sp³-hybridized carbons (Fsp3) is 0.133. The summed E-state index contributed by atoms with van der Waals surface area (Å²) in [4.78, 5) is 27.0. The number of halogens is 1. The molecule has 2 N–H and O–H groups in total. The second-order valence-electron chi connectivity index (χ2n) is 4.37. The smallest absolute Gasteiger partial charge is 0.337 e. The summed E-state index contributed by atoms with van der Waals surface area (Å²) < 4.78 is 0.541. The summed E-state index contributed by atoms with van der Waals surface area (Å²) in [7, 11) is 0. The highest BCUT2D eigenvalue weighted by Gasteiger charge is 2.15. The number of rotatable bonds is 5. The maximum absolute atomic E-state index is 12.0. The summed E-state index contributed by atoms with van der Waals surface area (Å²) in [5.41, 5.74) is 1.34. The van der Waals surface area contributed by atoms with Gasteiger partial charge in [-0.3, -0.25) is 9.78 Å². The quantitative estimate of drug-likeness (QED) is 0.869. The molecule has 1 aromatic heterocycles. The Morgan fingerprint density at radius 2 is 1.90 bits per heavy atom. The predicted octanol–water partition coefficient (Wildman–Crippen LogP) is 3.11. The van der Waals surface area contributed by atoms with Crippen molar-refractivity contribution in [3.05, 3.63) is 58.3 Å². The predicted molar refractivity (Wildman–Crippen MR) is 82.3 cm³/mol. The highest BCUT2D eigenvalue weighted by Crippen LogP contribution is 2.26. The van der Waals surface area contributed by atoms with Gasteiger partial charge in [0.25, 0.3) is 0 Å². The first-order chi connectivity index (χ1) is 10.1. The van der Waals surface area contributed by atoms with E-state index in [1.54, 1.807) is 24.5 Å². The van der Waals surface area contributed by atoms with Crippen molar-refractivity contribution in [3.63, 3.8) is 0 Å².